The summed E-state index contributed by atoms with van der Waals surface area (Å²) in [6, 6.07) is 9.32. The number of benzene rings is 1. The molecule has 28 heavy (non-hydrogen) atoms. The molecule has 1 fully saturated rings. The number of thiophene rings is 1. The Kier molecular flexibility index (Phi) is 5.82. The van der Waals surface area contributed by atoms with Gasteiger partial charge in [0.05, 0.1) is 6.54 Å². The Morgan fingerprint density at radius 2 is 1.89 bits per heavy atom. The topological polar surface area (TPSA) is 48.1 Å². The molecule has 0 saturated carbocycles. The van der Waals surface area contributed by atoms with Gasteiger partial charge in [-0.1, -0.05) is 0 Å². The van der Waals surface area contributed by atoms with E-state index >= 15 is 0 Å². The summed E-state index contributed by atoms with van der Waals surface area (Å²) in [6.07, 6.45) is 1.14. The molecule has 2 aromatic rings. The normalized spacial score (nSPS) is 19.6. The van der Waals surface area contributed by atoms with E-state index in [1.165, 1.54) is 22.6 Å². The Hall–Kier alpha value is -2.12. The summed E-state index contributed by atoms with van der Waals surface area (Å²) in [7, 11) is 0. The highest BCUT2D eigenvalue weighted by Gasteiger charge is 2.22. The molecule has 0 aliphatic carbocycles. The van der Waals surface area contributed by atoms with Crippen molar-refractivity contribution in [2.75, 3.05) is 44.2 Å². The number of guanidine groups is 1. The van der Waals surface area contributed by atoms with Gasteiger partial charge in [-0.05, 0) is 54.6 Å². The Morgan fingerprint density at radius 1 is 1.14 bits per heavy atom. The monoisotopic (exact) mass is 401 g/mol. The average molecular weight is 402 g/mol. The first-order chi connectivity index (χ1) is 13.6. The largest absolute Gasteiger partial charge is 0.370 e. The molecule has 4 rings (SSSR count). The Bertz CT molecular complexity index is 810. The second kappa shape index (κ2) is 8.49. The molecule has 1 unspecified atom stereocenters. The summed E-state index contributed by atoms with van der Waals surface area (Å²) in [4.78, 5) is 13.1. The highest BCUT2D eigenvalue weighted by atomic mass is 32.1. The summed E-state index contributed by atoms with van der Waals surface area (Å²) < 4.78 is 13.1. The van der Waals surface area contributed by atoms with E-state index in [-0.39, 0.29) is 5.82 Å². The third-order valence-corrected chi connectivity index (χ3v) is 6.80. The van der Waals surface area contributed by atoms with E-state index in [2.05, 4.69) is 38.1 Å². The summed E-state index contributed by atoms with van der Waals surface area (Å²) in [6.45, 7) is 8.48. The minimum Gasteiger partial charge on any atom is -0.370 e. The molecule has 1 aromatic heterocycles. The van der Waals surface area contributed by atoms with Gasteiger partial charge in [-0.25, -0.2) is 4.39 Å². The Labute approximate surface area is 170 Å². The zero-order valence-corrected chi connectivity index (χ0v) is 17.2. The van der Waals surface area contributed by atoms with Crippen LogP contribution in [0.5, 0.6) is 0 Å². The van der Waals surface area contributed by atoms with Crippen LogP contribution in [0.2, 0.25) is 0 Å². The van der Waals surface area contributed by atoms with Gasteiger partial charge < -0.3 is 15.5 Å². The number of nitrogens with zero attached hydrogens (tertiary/aromatic N) is 4. The fourth-order valence-electron chi connectivity index (χ4n) is 3.93. The van der Waals surface area contributed by atoms with Gasteiger partial charge in [-0.15, -0.1) is 11.3 Å². The van der Waals surface area contributed by atoms with E-state index in [1.807, 2.05) is 23.5 Å². The maximum Gasteiger partial charge on any atom is 0.191 e. The van der Waals surface area contributed by atoms with E-state index in [9.17, 15) is 4.39 Å². The minimum atomic E-state index is -0.197. The lowest BCUT2D eigenvalue weighted by Crippen LogP contribution is -2.51. The number of hydrogen-bond donors (Lipinski definition) is 1. The second-order valence-corrected chi connectivity index (χ2v) is 8.59. The highest BCUT2D eigenvalue weighted by Crippen LogP contribution is 2.25. The summed E-state index contributed by atoms with van der Waals surface area (Å²) in [5.74, 6) is 0.440. The van der Waals surface area contributed by atoms with Gasteiger partial charge in [0.15, 0.2) is 5.96 Å². The van der Waals surface area contributed by atoms with Crippen molar-refractivity contribution < 1.29 is 4.39 Å². The van der Waals surface area contributed by atoms with Crippen LogP contribution in [0.1, 0.15) is 17.4 Å². The molecular formula is C21H28FN5S. The number of anilines is 1. The lowest BCUT2D eigenvalue weighted by Gasteiger charge is -2.37. The molecule has 2 aliphatic rings. The van der Waals surface area contributed by atoms with E-state index < -0.39 is 0 Å². The van der Waals surface area contributed by atoms with E-state index in [0.717, 1.165) is 57.9 Å². The molecule has 150 valence electrons. The zero-order valence-electron chi connectivity index (χ0n) is 16.4. The van der Waals surface area contributed by atoms with Crippen molar-refractivity contribution in [2.45, 2.75) is 25.9 Å². The lowest BCUT2D eigenvalue weighted by molar-refractivity contribution is 0.196. The molecule has 3 heterocycles. The number of rotatable bonds is 4. The predicted octanol–water partition coefficient (Wildman–Crippen LogP) is 2.77. The number of nitrogens with two attached hydrogens (primary N) is 1. The van der Waals surface area contributed by atoms with Crippen LogP contribution in [0, 0.1) is 5.82 Å². The molecule has 1 aromatic carbocycles. The van der Waals surface area contributed by atoms with Crippen LogP contribution in [-0.4, -0.2) is 61.1 Å². The SMILES string of the molecule is CC(CN=C(N)N1CCN(c2ccc(F)cc2)CC1)N1CCc2sccc2C1. The molecular weight excluding hydrogens is 373 g/mol. The van der Waals surface area contributed by atoms with E-state index in [0.29, 0.717) is 12.0 Å². The fraction of sp³-hybridized carbons (Fsp3) is 0.476. The number of aliphatic imine (C=N–C) groups is 1. The Morgan fingerprint density at radius 3 is 2.64 bits per heavy atom. The summed E-state index contributed by atoms with van der Waals surface area (Å²) >= 11 is 1.87. The van der Waals surface area contributed by atoms with E-state index in [4.69, 9.17) is 5.73 Å². The quantitative estimate of drug-likeness (QED) is 0.632. The van der Waals surface area contributed by atoms with Crippen LogP contribution in [0.25, 0.3) is 0 Å². The van der Waals surface area contributed by atoms with Crippen molar-refractivity contribution in [2.24, 2.45) is 10.7 Å². The minimum absolute atomic E-state index is 0.197. The first-order valence-electron chi connectivity index (χ1n) is 9.95. The van der Waals surface area contributed by atoms with Crippen molar-refractivity contribution in [3.63, 3.8) is 0 Å². The molecule has 0 spiro atoms. The van der Waals surface area contributed by atoms with Crippen molar-refractivity contribution >= 4 is 23.0 Å². The Balaban J connectivity index is 1.27. The predicted molar refractivity (Wildman–Crippen MR) is 115 cm³/mol. The molecule has 7 heteroatoms. The van der Waals surface area contributed by atoms with Gasteiger partial charge in [-0.3, -0.25) is 9.89 Å². The van der Waals surface area contributed by atoms with Crippen molar-refractivity contribution in [1.29, 1.82) is 0 Å². The van der Waals surface area contributed by atoms with Crippen LogP contribution in [-0.2, 0) is 13.0 Å². The standard InChI is InChI=1S/C21H28FN5S/c1-16(27-8-6-20-17(15-27)7-13-28-20)14-24-21(23)26-11-9-25(10-12-26)19-4-2-18(22)3-5-19/h2-5,7,13,16H,6,8-12,14-15H2,1H3,(H2,23,24). The van der Waals surface area contributed by atoms with Gasteiger partial charge >= 0.3 is 0 Å². The average Bonchev–Trinajstić information content (AvgIpc) is 3.20. The number of halogens is 1. The van der Waals surface area contributed by atoms with Crippen LogP contribution in [0.4, 0.5) is 10.1 Å². The van der Waals surface area contributed by atoms with Gasteiger partial charge in [0.1, 0.15) is 5.82 Å². The van der Waals surface area contributed by atoms with Crippen LogP contribution < -0.4 is 10.6 Å². The molecule has 1 atom stereocenters. The van der Waals surface area contributed by atoms with E-state index in [1.54, 1.807) is 0 Å². The molecule has 1 saturated heterocycles. The van der Waals surface area contributed by atoms with Crippen molar-refractivity contribution in [1.82, 2.24) is 9.80 Å². The summed E-state index contributed by atoms with van der Waals surface area (Å²) in [5.41, 5.74) is 8.81. The highest BCUT2D eigenvalue weighted by molar-refractivity contribution is 7.10. The van der Waals surface area contributed by atoms with Gasteiger partial charge in [0, 0.05) is 55.9 Å². The first kappa shape index (κ1) is 19.2. The number of hydrogen-bond acceptors (Lipinski definition) is 4. The molecule has 0 amide bonds. The van der Waals surface area contributed by atoms with Crippen LogP contribution >= 0.6 is 11.3 Å². The summed E-state index contributed by atoms with van der Waals surface area (Å²) in [5, 5.41) is 2.19. The van der Waals surface area contributed by atoms with Gasteiger partial charge in [-0.2, -0.15) is 0 Å². The first-order valence-corrected chi connectivity index (χ1v) is 10.8. The third-order valence-electron chi connectivity index (χ3n) is 5.77. The maximum atomic E-state index is 13.1. The van der Waals surface area contributed by atoms with Crippen molar-refractivity contribution in [3.05, 3.63) is 52.0 Å². The van der Waals surface area contributed by atoms with Gasteiger partial charge in [0.2, 0.25) is 0 Å². The second-order valence-electron chi connectivity index (χ2n) is 7.59. The molecule has 0 bridgehead atoms. The smallest absolute Gasteiger partial charge is 0.191 e. The lowest BCUT2D eigenvalue weighted by atomic mass is 10.1. The molecule has 5 nitrogen and oxygen atoms in total. The van der Waals surface area contributed by atoms with Gasteiger partial charge in [0.25, 0.3) is 0 Å². The molecule has 2 aliphatic heterocycles. The third kappa shape index (κ3) is 4.31. The van der Waals surface area contributed by atoms with Crippen LogP contribution in [0.15, 0.2) is 40.7 Å². The number of fused-ring (bicyclic) bond motifs is 1. The number of piperazine rings is 1. The van der Waals surface area contributed by atoms with Crippen molar-refractivity contribution in [3.8, 4) is 0 Å². The molecule has 2 N–H and O–H groups in total. The molecule has 0 radical (unpaired) electrons. The zero-order chi connectivity index (χ0) is 19.5. The van der Waals surface area contributed by atoms with Crippen LogP contribution in [0.3, 0.4) is 0 Å². The maximum absolute atomic E-state index is 13.1. The fourth-order valence-corrected chi connectivity index (χ4v) is 4.82.